The van der Waals surface area contributed by atoms with Gasteiger partial charge in [-0.2, -0.15) is 0 Å². The molecule has 1 aliphatic heterocycles. The van der Waals surface area contributed by atoms with E-state index in [4.69, 9.17) is 0 Å². The molecule has 1 heterocycles. The first-order chi connectivity index (χ1) is 10.0. The molecule has 0 saturated carbocycles. The fourth-order valence-electron chi connectivity index (χ4n) is 3.25. The van der Waals surface area contributed by atoms with Crippen LogP contribution in [0.3, 0.4) is 0 Å². The number of hydrogen-bond acceptors (Lipinski definition) is 2. The predicted octanol–water partition coefficient (Wildman–Crippen LogP) is 2.20. The van der Waals surface area contributed by atoms with Gasteiger partial charge >= 0.3 is 6.03 Å². The molecule has 4 nitrogen and oxygen atoms in total. The zero-order valence-electron chi connectivity index (χ0n) is 11.2. The van der Waals surface area contributed by atoms with Crippen LogP contribution in [0.2, 0.25) is 0 Å². The van der Waals surface area contributed by atoms with Gasteiger partial charge in [0.1, 0.15) is 5.82 Å². The van der Waals surface area contributed by atoms with Crippen molar-refractivity contribution in [3.8, 4) is 11.1 Å². The van der Waals surface area contributed by atoms with E-state index in [1.807, 2.05) is 25.1 Å². The van der Waals surface area contributed by atoms with Gasteiger partial charge in [0.05, 0.1) is 0 Å². The molecule has 2 aliphatic rings. The van der Waals surface area contributed by atoms with Crippen molar-refractivity contribution in [1.29, 1.82) is 0 Å². The Balaban J connectivity index is 2.12. The quantitative estimate of drug-likeness (QED) is 0.728. The number of nitrogens with one attached hydrogen (secondary N) is 2. The lowest BCUT2D eigenvalue weighted by Gasteiger charge is -2.23. The molecule has 21 heavy (non-hydrogen) atoms. The molecule has 1 unspecified atom stereocenters. The minimum Gasteiger partial charge on any atom is -0.316 e. The molecule has 5 heteroatoms. The van der Waals surface area contributed by atoms with Crippen LogP contribution in [0.15, 0.2) is 36.4 Å². The lowest BCUT2D eigenvalue weighted by molar-refractivity contribution is -0.122. The number of amides is 3. The van der Waals surface area contributed by atoms with Crippen molar-refractivity contribution in [2.45, 2.75) is 12.5 Å². The van der Waals surface area contributed by atoms with E-state index in [-0.39, 0.29) is 0 Å². The number of fused-ring (bicyclic) bond motifs is 5. The number of halogens is 1. The second kappa shape index (κ2) is 3.69. The Bertz CT molecular complexity index is 831. The number of carbonyl (C=O) groups is 2. The fraction of sp³-hybridized carbons (Fsp3) is 0.125. The highest BCUT2D eigenvalue weighted by Crippen LogP contribution is 2.49. The van der Waals surface area contributed by atoms with Gasteiger partial charge in [-0.15, -0.1) is 0 Å². The molecule has 4 rings (SSSR count). The summed E-state index contributed by atoms with van der Waals surface area (Å²) >= 11 is 0. The molecule has 3 amide bonds. The van der Waals surface area contributed by atoms with Gasteiger partial charge in [0.2, 0.25) is 0 Å². The normalized spacial score (nSPS) is 22.0. The Morgan fingerprint density at radius 1 is 1.00 bits per heavy atom. The summed E-state index contributed by atoms with van der Waals surface area (Å²) in [6, 6.07) is 9.39. The van der Waals surface area contributed by atoms with Gasteiger partial charge in [-0.25, -0.2) is 9.18 Å². The molecule has 1 spiro atoms. The Morgan fingerprint density at radius 3 is 2.52 bits per heavy atom. The largest absolute Gasteiger partial charge is 0.322 e. The van der Waals surface area contributed by atoms with E-state index >= 15 is 0 Å². The maximum absolute atomic E-state index is 13.7. The maximum Gasteiger partial charge on any atom is 0.322 e. The highest BCUT2D eigenvalue weighted by molar-refractivity contribution is 6.13. The van der Waals surface area contributed by atoms with Crippen LogP contribution in [0.1, 0.15) is 16.7 Å². The molecule has 1 aliphatic carbocycles. The third-order valence-corrected chi connectivity index (χ3v) is 4.12. The molecule has 1 saturated heterocycles. The van der Waals surface area contributed by atoms with Crippen LogP contribution in [0.4, 0.5) is 9.18 Å². The van der Waals surface area contributed by atoms with Crippen molar-refractivity contribution in [2.75, 3.05) is 0 Å². The fourth-order valence-corrected chi connectivity index (χ4v) is 3.25. The lowest BCUT2D eigenvalue weighted by Crippen LogP contribution is -2.43. The van der Waals surface area contributed by atoms with Crippen LogP contribution >= 0.6 is 0 Å². The van der Waals surface area contributed by atoms with E-state index < -0.39 is 23.3 Å². The summed E-state index contributed by atoms with van der Waals surface area (Å²) in [5.41, 5.74) is 2.49. The van der Waals surface area contributed by atoms with Crippen molar-refractivity contribution in [3.63, 3.8) is 0 Å². The SMILES string of the molecule is Cc1ccc2c(c1)-c1ccc(F)cc1C21NC(=O)NC1=O. The zero-order valence-corrected chi connectivity index (χ0v) is 11.2. The average molecular weight is 282 g/mol. The number of rotatable bonds is 0. The highest BCUT2D eigenvalue weighted by Gasteiger charge is 2.54. The van der Waals surface area contributed by atoms with Crippen molar-refractivity contribution in [1.82, 2.24) is 10.6 Å². The number of urea groups is 1. The average Bonchev–Trinajstić information content (AvgIpc) is 2.87. The summed E-state index contributed by atoms with van der Waals surface area (Å²) in [6.45, 7) is 1.95. The van der Waals surface area contributed by atoms with Gasteiger partial charge in [-0.1, -0.05) is 29.8 Å². The van der Waals surface area contributed by atoms with Crippen molar-refractivity contribution < 1.29 is 14.0 Å². The zero-order chi connectivity index (χ0) is 14.8. The molecule has 1 atom stereocenters. The summed E-state index contributed by atoms with van der Waals surface area (Å²) in [5, 5.41) is 4.93. The van der Waals surface area contributed by atoms with E-state index in [1.165, 1.54) is 12.1 Å². The summed E-state index contributed by atoms with van der Waals surface area (Å²) < 4.78 is 13.7. The van der Waals surface area contributed by atoms with Crippen LogP contribution in [-0.2, 0) is 10.3 Å². The van der Waals surface area contributed by atoms with Gasteiger partial charge in [-0.05, 0) is 35.7 Å². The minimum atomic E-state index is -1.32. The van der Waals surface area contributed by atoms with Crippen molar-refractivity contribution in [3.05, 3.63) is 58.9 Å². The Kier molecular flexibility index (Phi) is 2.12. The van der Waals surface area contributed by atoms with Gasteiger partial charge < -0.3 is 5.32 Å². The molecule has 0 radical (unpaired) electrons. The molecule has 0 bridgehead atoms. The molecular weight excluding hydrogens is 271 g/mol. The molecular formula is C16H11FN2O2. The van der Waals surface area contributed by atoms with Gasteiger partial charge in [0.25, 0.3) is 5.91 Å². The van der Waals surface area contributed by atoms with Crippen molar-refractivity contribution >= 4 is 11.9 Å². The molecule has 1 fully saturated rings. The molecule has 2 N–H and O–H groups in total. The second-order valence-corrected chi connectivity index (χ2v) is 5.40. The Labute approximate surface area is 120 Å². The maximum atomic E-state index is 13.7. The molecule has 2 aromatic carbocycles. The number of carbonyl (C=O) groups excluding carboxylic acids is 2. The van der Waals surface area contributed by atoms with Crippen molar-refractivity contribution in [2.24, 2.45) is 0 Å². The monoisotopic (exact) mass is 282 g/mol. The molecule has 0 aromatic heterocycles. The Hall–Kier alpha value is -2.69. The summed E-state index contributed by atoms with van der Waals surface area (Å²) in [7, 11) is 0. The Morgan fingerprint density at radius 2 is 1.81 bits per heavy atom. The van der Waals surface area contributed by atoms with Crippen LogP contribution in [0.25, 0.3) is 11.1 Å². The van der Waals surface area contributed by atoms with Crippen LogP contribution in [0, 0.1) is 12.7 Å². The smallest absolute Gasteiger partial charge is 0.316 e. The van der Waals surface area contributed by atoms with Gasteiger partial charge in [-0.3, -0.25) is 10.1 Å². The third-order valence-electron chi connectivity index (χ3n) is 4.12. The molecule has 104 valence electrons. The van der Waals surface area contributed by atoms with Crippen LogP contribution in [-0.4, -0.2) is 11.9 Å². The third kappa shape index (κ3) is 1.38. The first-order valence-electron chi connectivity index (χ1n) is 6.57. The number of aryl methyl sites for hydroxylation is 1. The minimum absolute atomic E-state index is 0.438. The van der Waals surface area contributed by atoms with E-state index in [9.17, 15) is 14.0 Å². The first kappa shape index (κ1) is 12.1. The summed E-state index contributed by atoms with van der Waals surface area (Å²) in [4.78, 5) is 24.1. The van der Waals surface area contributed by atoms with E-state index in [2.05, 4.69) is 10.6 Å². The van der Waals surface area contributed by atoms with Crippen LogP contribution < -0.4 is 10.6 Å². The summed E-state index contributed by atoms with van der Waals surface area (Å²) in [6.07, 6.45) is 0. The first-order valence-corrected chi connectivity index (χ1v) is 6.57. The number of benzene rings is 2. The lowest BCUT2D eigenvalue weighted by atomic mass is 9.87. The van der Waals surface area contributed by atoms with E-state index in [0.717, 1.165) is 16.7 Å². The summed E-state index contributed by atoms with van der Waals surface area (Å²) in [5.74, 6) is -0.909. The van der Waals surface area contributed by atoms with E-state index in [0.29, 0.717) is 11.1 Å². The topological polar surface area (TPSA) is 58.2 Å². The van der Waals surface area contributed by atoms with Crippen LogP contribution in [0.5, 0.6) is 0 Å². The highest BCUT2D eigenvalue weighted by atomic mass is 19.1. The number of imide groups is 1. The van der Waals surface area contributed by atoms with E-state index in [1.54, 1.807) is 6.07 Å². The predicted molar refractivity (Wildman–Crippen MR) is 74.0 cm³/mol. The molecule has 2 aromatic rings. The van der Waals surface area contributed by atoms with Gasteiger partial charge in [0.15, 0.2) is 5.54 Å². The van der Waals surface area contributed by atoms with Gasteiger partial charge in [0, 0.05) is 5.56 Å². The standard InChI is InChI=1S/C16H11FN2O2/c1-8-2-5-12-11(6-8)10-4-3-9(17)7-13(10)16(12)14(20)18-15(21)19-16/h2-7H,1H3,(H2,18,19,20,21). The second-order valence-electron chi connectivity index (χ2n) is 5.40. The number of hydrogen-bond donors (Lipinski definition) is 2.